The number of aromatic nitrogens is 1. The van der Waals surface area contributed by atoms with Gasteiger partial charge in [0.25, 0.3) is 5.91 Å². The van der Waals surface area contributed by atoms with Crippen molar-refractivity contribution in [3.8, 4) is 0 Å². The average molecular weight is 532 g/mol. The van der Waals surface area contributed by atoms with Crippen LogP contribution in [0, 0.1) is 17.7 Å². The Kier molecular flexibility index (Phi) is 7.17. The molecule has 5 rings (SSSR count). The summed E-state index contributed by atoms with van der Waals surface area (Å²) in [7, 11) is 0. The fraction of sp³-hybridized carbons (Fsp3) is 0.429. The molecular weight excluding hydrogens is 502 g/mol. The molecule has 1 aromatic heterocycles. The van der Waals surface area contributed by atoms with Crippen molar-refractivity contribution in [1.29, 1.82) is 0 Å². The summed E-state index contributed by atoms with van der Waals surface area (Å²) in [4.78, 5) is 28.1. The predicted octanol–water partition coefficient (Wildman–Crippen LogP) is 5.00. The van der Waals surface area contributed by atoms with Gasteiger partial charge in [-0.3, -0.25) is 9.59 Å². The monoisotopic (exact) mass is 531 g/mol. The Morgan fingerprint density at radius 2 is 1.68 bits per heavy atom. The molecule has 0 aliphatic carbocycles. The minimum atomic E-state index is -4.44. The molecule has 202 valence electrons. The zero-order valence-electron chi connectivity index (χ0n) is 20.7. The van der Waals surface area contributed by atoms with Crippen LogP contribution in [0.2, 0.25) is 0 Å². The number of nitrogens with zero attached hydrogens (tertiary/aromatic N) is 3. The van der Waals surface area contributed by atoms with E-state index < -0.39 is 36.4 Å². The number of carbonyl (C=O) groups is 2. The van der Waals surface area contributed by atoms with Crippen molar-refractivity contribution >= 4 is 22.8 Å². The topological polar surface area (TPSA) is 65.8 Å². The molecule has 1 unspecified atom stereocenters. The fourth-order valence-electron chi connectivity index (χ4n) is 5.99. The predicted molar refractivity (Wildman–Crippen MR) is 133 cm³/mol. The van der Waals surface area contributed by atoms with Gasteiger partial charge in [-0.2, -0.15) is 13.2 Å². The number of aliphatic carboxylic acids is 1. The van der Waals surface area contributed by atoms with E-state index in [1.54, 1.807) is 42.6 Å². The van der Waals surface area contributed by atoms with Crippen LogP contribution in [0.1, 0.15) is 34.7 Å². The molecular formula is C28H29F4N3O3. The molecule has 2 aliphatic heterocycles. The van der Waals surface area contributed by atoms with Crippen molar-refractivity contribution in [2.45, 2.75) is 31.5 Å². The van der Waals surface area contributed by atoms with E-state index in [0.29, 0.717) is 24.0 Å². The van der Waals surface area contributed by atoms with Gasteiger partial charge in [0.05, 0.1) is 17.0 Å². The number of carbonyl (C=O) groups excluding carboxylic acids is 1. The summed E-state index contributed by atoms with van der Waals surface area (Å²) in [6.07, 6.45) is -1.32. The van der Waals surface area contributed by atoms with Crippen LogP contribution in [-0.2, 0) is 11.3 Å². The molecule has 1 N–H and O–H groups in total. The van der Waals surface area contributed by atoms with Gasteiger partial charge >= 0.3 is 12.1 Å². The van der Waals surface area contributed by atoms with E-state index in [0.717, 1.165) is 18.4 Å². The van der Waals surface area contributed by atoms with Crippen molar-refractivity contribution in [1.82, 2.24) is 14.4 Å². The lowest BCUT2D eigenvalue weighted by molar-refractivity contribution is -0.181. The molecule has 2 saturated heterocycles. The second kappa shape index (κ2) is 10.4. The van der Waals surface area contributed by atoms with Gasteiger partial charge in [0, 0.05) is 37.1 Å². The molecule has 3 heterocycles. The number of halogens is 4. The molecule has 38 heavy (non-hydrogen) atoms. The molecule has 2 aliphatic rings. The molecule has 2 atom stereocenters. The van der Waals surface area contributed by atoms with E-state index in [1.807, 2.05) is 4.90 Å². The minimum Gasteiger partial charge on any atom is -0.480 e. The van der Waals surface area contributed by atoms with E-state index in [1.165, 1.54) is 21.6 Å². The number of carboxylic acid groups (broad SMARTS) is 1. The maximum atomic E-state index is 14.1. The van der Waals surface area contributed by atoms with Crippen LogP contribution >= 0.6 is 0 Å². The van der Waals surface area contributed by atoms with Crippen molar-refractivity contribution in [2.24, 2.45) is 11.8 Å². The summed E-state index contributed by atoms with van der Waals surface area (Å²) in [5.74, 6) is -4.04. The zero-order valence-corrected chi connectivity index (χ0v) is 20.7. The molecule has 0 spiro atoms. The van der Waals surface area contributed by atoms with Crippen LogP contribution in [0.25, 0.3) is 10.9 Å². The average Bonchev–Trinajstić information content (AvgIpc) is 3.49. The second-order valence-electron chi connectivity index (χ2n) is 10.3. The summed E-state index contributed by atoms with van der Waals surface area (Å²) in [5, 5.41) is 9.89. The van der Waals surface area contributed by atoms with Crippen LogP contribution < -0.4 is 0 Å². The first-order valence-electron chi connectivity index (χ1n) is 12.7. The molecule has 2 aromatic carbocycles. The molecule has 10 heteroatoms. The van der Waals surface area contributed by atoms with Gasteiger partial charge < -0.3 is 19.5 Å². The normalized spacial score (nSPS) is 21.3. The lowest BCUT2D eigenvalue weighted by Gasteiger charge is -2.35. The van der Waals surface area contributed by atoms with Crippen LogP contribution in [0.4, 0.5) is 17.6 Å². The highest BCUT2D eigenvalue weighted by Crippen LogP contribution is 2.39. The SMILES string of the molecule is O=C(O)Cn1ccc2cccc(C(=O)N3CC(C(F)(F)F)[C@H](CN4CCC(c5ccc(F)cc5)CC4)C3)c21. The standard InChI is InChI=1S/C28H29F4N3O3/c29-22-6-4-18(5-7-22)19-8-11-33(12-9-19)14-21-15-35(16-24(21)28(30,31)32)27(38)23-3-1-2-20-10-13-34(26(20)23)17-25(36)37/h1-7,10,13,19,21,24H,8-9,11-12,14-17H2,(H,36,37)/t21-,24?/m1/s1. The number of para-hydroxylation sites is 1. The number of likely N-dealkylation sites (tertiary alicyclic amines) is 2. The van der Waals surface area contributed by atoms with Gasteiger partial charge in [-0.25, -0.2) is 4.39 Å². The van der Waals surface area contributed by atoms with Gasteiger partial charge in [-0.1, -0.05) is 24.3 Å². The van der Waals surface area contributed by atoms with Crippen LogP contribution in [-0.4, -0.2) is 70.3 Å². The number of alkyl halides is 3. The first-order chi connectivity index (χ1) is 18.1. The summed E-state index contributed by atoms with van der Waals surface area (Å²) < 4.78 is 56.9. The van der Waals surface area contributed by atoms with Crippen molar-refractivity contribution in [2.75, 3.05) is 32.7 Å². The third-order valence-corrected chi connectivity index (χ3v) is 7.89. The van der Waals surface area contributed by atoms with Crippen LogP contribution in [0.5, 0.6) is 0 Å². The Labute approximate surface area is 217 Å². The van der Waals surface area contributed by atoms with Gasteiger partial charge in [-0.15, -0.1) is 0 Å². The maximum Gasteiger partial charge on any atom is 0.393 e. The number of carboxylic acids is 1. The minimum absolute atomic E-state index is 0.0169. The smallest absolute Gasteiger partial charge is 0.393 e. The van der Waals surface area contributed by atoms with Gasteiger partial charge in [0.15, 0.2) is 0 Å². The Bertz CT molecular complexity index is 1310. The number of benzene rings is 2. The molecule has 0 radical (unpaired) electrons. The summed E-state index contributed by atoms with van der Waals surface area (Å²) in [6, 6.07) is 13.0. The number of amides is 1. The number of piperidine rings is 1. The van der Waals surface area contributed by atoms with Gasteiger partial charge in [0.1, 0.15) is 12.4 Å². The Hall–Kier alpha value is -3.40. The third kappa shape index (κ3) is 5.41. The number of hydrogen-bond acceptors (Lipinski definition) is 3. The van der Waals surface area contributed by atoms with E-state index in [2.05, 4.69) is 0 Å². The molecule has 2 fully saturated rings. The zero-order chi connectivity index (χ0) is 27.0. The Morgan fingerprint density at radius 3 is 2.34 bits per heavy atom. The van der Waals surface area contributed by atoms with E-state index in [4.69, 9.17) is 0 Å². The van der Waals surface area contributed by atoms with Crippen LogP contribution in [0.3, 0.4) is 0 Å². The highest BCUT2D eigenvalue weighted by molar-refractivity contribution is 6.06. The quantitative estimate of drug-likeness (QED) is 0.455. The molecule has 0 saturated carbocycles. The third-order valence-electron chi connectivity index (χ3n) is 7.89. The molecule has 6 nitrogen and oxygen atoms in total. The fourth-order valence-corrected chi connectivity index (χ4v) is 5.99. The summed E-state index contributed by atoms with van der Waals surface area (Å²) >= 11 is 0. The lowest BCUT2D eigenvalue weighted by Crippen LogP contribution is -2.41. The van der Waals surface area contributed by atoms with Crippen molar-refractivity contribution in [3.05, 3.63) is 71.7 Å². The Balaban J connectivity index is 1.30. The van der Waals surface area contributed by atoms with E-state index >= 15 is 0 Å². The first kappa shape index (κ1) is 26.2. The van der Waals surface area contributed by atoms with Crippen molar-refractivity contribution < 1.29 is 32.3 Å². The number of hydrogen-bond donors (Lipinski definition) is 1. The second-order valence-corrected chi connectivity index (χ2v) is 10.3. The van der Waals surface area contributed by atoms with Gasteiger partial charge in [-0.05, 0) is 61.7 Å². The summed E-state index contributed by atoms with van der Waals surface area (Å²) in [6.45, 7) is 0.726. The van der Waals surface area contributed by atoms with E-state index in [-0.39, 0.29) is 36.9 Å². The first-order valence-corrected chi connectivity index (χ1v) is 12.7. The molecule has 0 bridgehead atoms. The highest BCUT2D eigenvalue weighted by Gasteiger charge is 2.51. The molecule has 1 amide bonds. The maximum absolute atomic E-state index is 14.1. The number of rotatable bonds is 6. The Morgan fingerprint density at radius 1 is 0.974 bits per heavy atom. The molecule has 3 aromatic rings. The van der Waals surface area contributed by atoms with Crippen LogP contribution in [0.15, 0.2) is 54.7 Å². The highest BCUT2D eigenvalue weighted by atomic mass is 19.4. The van der Waals surface area contributed by atoms with Crippen molar-refractivity contribution in [3.63, 3.8) is 0 Å². The van der Waals surface area contributed by atoms with Gasteiger partial charge in [0.2, 0.25) is 0 Å². The summed E-state index contributed by atoms with van der Waals surface area (Å²) in [5.41, 5.74) is 1.66. The van der Waals surface area contributed by atoms with E-state index in [9.17, 15) is 32.3 Å². The largest absolute Gasteiger partial charge is 0.480 e. The lowest BCUT2D eigenvalue weighted by atomic mass is 9.88. The number of fused-ring (bicyclic) bond motifs is 1.